The van der Waals surface area contributed by atoms with Crippen molar-refractivity contribution in [1.82, 2.24) is 5.32 Å². The zero-order valence-corrected chi connectivity index (χ0v) is 12.0. The van der Waals surface area contributed by atoms with Crippen LogP contribution in [0, 0.1) is 0 Å². The maximum absolute atomic E-state index is 3.52. The largest absolute Gasteiger partial charge is 0.309 e. The van der Waals surface area contributed by atoms with E-state index in [9.17, 15) is 0 Å². The first-order valence-electron chi connectivity index (χ1n) is 5.73. The van der Waals surface area contributed by atoms with Crippen LogP contribution in [0.1, 0.15) is 25.5 Å². The van der Waals surface area contributed by atoms with Crippen LogP contribution in [0.15, 0.2) is 29.2 Å². The SMILES string of the molecule is CCSc1ccc(C(C)NCCSC)cc1. The minimum absolute atomic E-state index is 0.452. The van der Waals surface area contributed by atoms with Gasteiger partial charge in [-0.2, -0.15) is 11.8 Å². The summed E-state index contributed by atoms with van der Waals surface area (Å²) < 4.78 is 0. The molecule has 0 aliphatic heterocycles. The van der Waals surface area contributed by atoms with Crippen LogP contribution in [0.4, 0.5) is 0 Å². The molecule has 1 aromatic rings. The smallest absolute Gasteiger partial charge is 0.0292 e. The lowest BCUT2D eigenvalue weighted by molar-refractivity contribution is 0.601. The summed E-state index contributed by atoms with van der Waals surface area (Å²) in [4.78, 5) is 1.36. The summed E-state index contributed by atoms with van der Waals surface area (Å²) >= 11 is 3.78. The van der Waals surface area contributed by atoms with Gasteiger partial charge in [0, 0.05) is 23.2 Å². The third kappa shape index (κ3) is 4.81. The van der Waals surface area contributed by atoms with Crippen molar-refractivity contribution in [3.05, 3.63) is 29.8 Å². The summed E-state index contributed by atoms with van der Waals surface area (Å²) in [7, 11) is 0. The molecule has 1 atom stereocenters. The first-order valence-corrected chi connectivity index (χ1v) is 8.11. The lowest BCUT2D eigenvalue weighted by atomic mass is 10.1. The molecule has 0 bridgehead atoms. The molecule has 0 aliphatic carbocycles. The van der Waals surface area contributed by atoms with E-state index in [4.69, 9.17) is 0 Å². The quantitative estimate of drug-likeness (QED) is 0.588. The molecule has 1 unspecified atom stereocenters. The summed E-state index contributed by atoms with van der Waals surface area (Å²) in [5.74, 6) is 2.31. The van der Waals surface area contributed by atoms with Gasteiger partial charge in [-0.05, 0) is 36.6 Å². The number of benzene rings is 1. The van der Waals surface area contributed by atoms with Crippen molar-refractivity contribution in [2.45, 2.75) is 24.8 Å². The van der Waals surface area contributed by atoms with Crippen molar-refractivity contribution in [1.29, 1.82) is 0 Å². The van der Waals surface area contributed by atoms with Crippen LogP contribution in [0.3, 0.4) is 0 Å². The molecular formula is C13H21NS2. The average Bonchev–Trinajstić information content (AvgIpc) is 2.30. The van der Waals surface area contributed by atoms with Crippen LogP contribution in [0.2, 0.25) is 0 Å². The predicted octanol–water partition coefficient (Wildman–Crippen LogP) is 3.81. The molecule has 1 aromatic carbocycles. The Morgan fingerprint density at radius 3 is 2.50 bits per heavy atom. The maximum atomic E-state index is 3.52. The number of nitrogens with one attached hydrogen (secondary N) is 1. The maximum Gasteiger partial charge on any atom is 0.0292 e. The van der Waals surface area contributed by atoms with Crippen LogP contribution in [0.5, 0.6) is 0 Å². The van der Waals surface area contributed by atoms with E-state index in [-0.39, 0.29) is 0 Å². The van der Waals surface area contributed by atoms with Gasteiger partial charge < -0.3 is 5.32 Å². The monoisotopic (exact) mass is 255 g/mol. The van der Waals surface area contributed by atoms with Crippen LogP contribution in [-0.4, -0.2) is 24.3 Å². The van der Waals surface area contributed by atoms with Crippen molar-refractivity contribution in [2.75, 3.05) is 24.3 Å². The molecule has 0 saturated heterocycles. The molecule has 1 rings (SSSR count). The van der Waals surface area contributed by atoms with Gasteiger partial charge in [0.1, 0.15) is 0 Å². The van der Waals surface area contributed by atoms with Gasteiger partial charge in [0.25, 0.3) is 0 Å². The molecule has 1 N–H and O–H groups in total. The van der Waals surface area contributed by atoms with E-state index in [1.54, 1.807) is 0 Å². The van der Waals surface area contributed by atoms with Gasteiger partial charge in [-0.25, -0.2) is 0 Å². The van der Waals surface area contributed by atoms with Gasteiger partial charge in [-0.3, -0.25) is 0 Å². The highest BCUT2D eigenvalue weighted by atomic mass is 32.2. The Labute approximate surface area is 108 Å². The third-order valence-corrected chi connectivity index (χ3v) is 3.95. The highest BCUT2D eigenvalue weighted by Gasteiger charge is 2.03. The molecule has 0 saturated carbocycles. The molecule has 0 radical (unpaired) electrons. The first-order chi connectivity index (χ1) is 7.77. The van der Waals surface area contributed by atoms with E-state index in [1.807, 2.05) is 23.5 Å². The fourth-order valence-corrected chi connectivity index (χ4v) is 2.50. The molecule has 0 amide bonds. The van der Waals surface area contributed by atoms with Gasteiger partial charge in [0.15, 0.2) is 0 Å². The van der Waals surface area contributed by atoms with Gasteiger partial charge in [0.2, 0.25) is 0 Å². The summed E-state index contributed by atoms with van der Waals surface area (Å²) in [5.41, 5.74) is 1.38. The lowest BCUT2D eigenvalue weighted by Crippen LogP contribution is -2.21. The Morgan fingerprint density at radius 1 is 1.25 bits per heavy atom. The summed E-state index contributed by atoms with van der Waals surface area (Å²) in [6.45, 7) is 5.49. The number of thioether (sulfide) groups is 2. The van der Waals surface area contributed by atoms with Crippen molar-refractivity contribution >= 4 is 23.5 Å². The summed E-state index contributed by atoms with van der Waals surface area (Å²) in [5, 5.41) is 3.52. The molecule has 90 valence electrons. The van der Waals surface area contributed by atoms with Crippen LogP contribution < -0.4 is 5.32 Å². The minimum Gasteiger partial charge on any atom is -0.309 e. The Balaban J connectivity index is 2.46. The Hall–Kier alpha value is -0.120. The number of hydrogen-bond donors (Lipinski definition) is 1. The van der Waals surface area contributed by atoms with Gasteiger partial charge >= 0.3 is 0 Å². The predicted molar refractivity (Wildman–Crippen MR) is 77.6 cm³/mol. The number of rotatable bonds is 7. The van der Waals surface area contributed by atoms with E-state index in [1.165, 1.54) is 16.2 Å². The molecule has 0 spiro atoms. The molecular weight excluding hydrogens is 234 g/mol. The zero-order chi connectivity index (χ0) is 11.8. The van der Waals surface area contributed by atoms with E-state index in [2.05, 4.69) is 49.7 Å². The minimum atomic E-state index is 0.452. The van der Waals surface area contributed by atoms with Crippen LogP contribution in [0.25, 0.3) is 0 Å². The molecule has 3 heteroatoms. The Bertz CT molecular complexity index is 284. The number of hydrogen-bond acceptors (Lipinski definition) is 3. The topological polar surface area (TPSA) is 12.0 Å². The molecule has 0 heterocycles. The van der Waals surface area contributed by atoms with Crippen molar-refractivity contribution in [3.8, 4) is 0 Å². The van der Waals surface area contributed by atoms with Crippen molar-refractivity contribution < 1.29 is 0 Å². The van der Waals surface area contributed by atoms with E-state index >= 15 is 0 Å². The Morgan fingerprint density at radius 2 is 1.94 bits per heavy atom. The van der Waals surface area contributed by atoms with Crippen molar-refractivity contribution in [3.63, 3.8) is 0 Å². The summed E-state index contributed by atoms with van der Waals surface area (Å²) in [6, 6.07) is 9.35. The normalized spacial score (nSPS) is 12.7. The second kappa shape index (κ2) is 8.04. The molecule has 0 aliphatic rings. The lowest BCUT2D eigenvalue weighted by Gasteiger charge is -2.14. The molecule has 16 heavy (non-hydrogen) atoms. The van der Waals surface area contributed by atoms with E-state index < -0.39 is 0 Å². The van der Waals surface area contributed by atoms with Crippen LogP contribution in [-0.2, 0) is 0 Å². The van der Waals surface area contributed by atoms with Gasteiger partial charge in [-0.1, -0.05) is 19.1 Å². The Kier molecular flexibility index (Phi) is 7.01. The van der Waals surface area contributed by atoms with E-state index in [0.717, 1.165) is 12.3 Å². The highest BCUT2D eigenvalue weighted by Crippen LogP contribution is 2.20. The third-order valence-electron chi connectivity index (χ3n) is 2.45. The van der Waals surface area contributed by atoms with Crippen LogP contribution >= 0.6 is 23.5 Å². The zero-order valence-electron chi connectivity index (χ0n) is 10.3. The molecule has 0 fully saturated rings. The second-order valence-electron chi connectivity index (χ2n) is 3.67. The van der Waals surface area contributed by atoms with E-state index in [0.29, 0.717) is 6.04 Å². The van der Waals surface area contributed by atoms with Gasteiger partial charge in [-0.15, -0.1) is 11.8 Å². The van der Waals surface area contributed by atoms with Crippen molar-refractivity contribution in [2.24, 2.45) is 0 Å². The average molecular weight is 255 g/mol. The van der Waals surface area contributed by atoms with Gasteiger partial charge in [0.05, 0.1) is 0 Å². The fraction of sp³-hybridized carbons (Fsp3) is 0.538. The highest BCUT2D eigenvalue weighted by molar-refractivity contribution is 7.99. The standard InChI is InChI=1S/C13H21NS2/c1-4-16-13-7-5-12(6-8-13)11(2)14-9-10-15-3/h5-8,11,14H,4,9-10H2,1-3H3. The fourth-order valence-electron chi connectivity index (χ4n) is 1.51. The second-order valence-corrected chi connectivity index (χ2v) is 5.99. The molecule has 0 aromatic heterocycles. The first kappa shape index (κ1) is 13.9. The molecule has 1 nitrogen and oxygen atoms in total. The summed E-state index contributed by atoms with van der Waals surface area (Å²) in [6.07, 6.45) is 2.14.